The van der Waals surface area contributed by atoms with Gasteiger partial charge in [0, 0.05) is 44.1 Å². The molecule has 0 amide bonds. The van der Waals surface area contributed by atoms with Crippen molar-refractivity contribution in [3.8, 4) is 22.3 Å². The zero-order valence-corrected chi connectivity index (χ0v) is 22.9. The van der Waals surface area contributed by atoms with Gasteiger partial charge in [0.15, 0.2) is 0 Å². The Morgan fingerprint density at radius 1 is 0.372 bits per heavy atom. The van der Waals surface area contributed by atoms with E-state index in [0.29, 0.717) is 0 Å². The lowest BCUT2D eigenvalue weighted by molar-refractivity contribution is 0.613. The van der Waals surface area contributed by atoms with Crippen LogP contribution in [-0.2, 0) is 0 Å². The Morgan fingerprint density at radius 2 is 0.977 bits per heavy atom. The summed E-state index contributed by atoms with van der Waals surface area (Å²) < 4.78 is 18.7. The van der Waals surface area contributed by atoms with Crippen molar-refractivity contribution in [2.75, 3.05) is 0 Å². The topological polar surface area (TPSA) is 39.4 Å². The molecule has 3 aromatic heterocycles. The van der Waals surface area contributed by atoms with Crippen molar-refractivity contribution in [1.82, 2.24) is 0 Å². The highest BCUT2D eigenvalue weighted by molar-refractivity contribution is 6.27. The van der Waals surface area contributed by atoms with Crippen LogP contribution in [0.25, 0.3) is 98.6 Å². The molecule has 0 saturated carbocycles. The van der Waals surface area contributed by atoms with E-state index in [1.54, 1.807) is 6.26 Å². The maximum absolute atomic E-state index is 6.65. The van der Waals surface area contributed by atoms with Gasteiger partial charge in [-0.15, -0.1) is 0 Å². The first kappa shape index (κ1) is 22.8. The van der Waals surface area contributed by atoms with Crippen molar-refractivity contribution in [1.29, 1.82) is 0 Å². The average Bonchev–Trinajstić information content (AvgIpc) is 3.77. The first-order chi connectivity index (χ1) is 21.3. The van der Waals surface area contributed by atoms with Gasteiger partial charge in [0.2, 0.25) is 0 Å². The molecule has 7 aromatic carbocycles. The minimum absolute atomic E-state index is 0.827. The molecular weight excluding hydrogens is 528 g/mol. The predicted molar refractivity (Wildman–Crippen MR) is 177 cm³/mol. The zero-order valence-electron chi connectivity index (χ0n) is 22.9. The summed E-state index contributed by atoms with van der Waals surface area (Å²) in [6, 6.07) is 44.9. The largest absolute Gasteiger partial charge is 0.464 e. The lowest BCUT2D eigenvalue weighted by Gasteiger charge is -2.18. The van der Waals surface area contributed by atoms with E-state index in [9.17, 15) is 0 Å². The standard InChI is InChI=1S/C40H22O3/c1-3-11-26-24(9-1)37(30-15-8-18-34-39(30)29-13-5-6-17-33(29)42-34)25-10-2-4-12-27(25)38(26)31-16-7-14-28-32-21-23-19-20-41-35(23)22-36(32)43-40(28)31/h1-22H. The van der Waals surface area contributed by atoms with Crippen molar-refractivity contribution in [3.05, 3.63) is 134 Å². The molecule has 0 saturated heterocycles. The maximum atomic E-state index is 6.65. The van der Waals surface area contributed by atoms with E-state index in [0.717, 1.165) is 60.4 Å². The van der Waals surface area contributed by atoms with Crippen LogP contribution in [0, 0.1) is 0 Å². The van der Waals surface area contributed by atoms with E-state index >= 15 is 0 Å². The van der Waals surface area contributed by atoms with Crippen molar-refractivity contribution >= 4 is 76.4 Å². The molecule has 0 unspecified atom stereocenters. The van der Waals surface area contributed by atoms with Gasteiger partial charge in [-0.05, 0) is 56.9 Å². The Morgan fingerprint density at radius 3 is 1.74 bits per heavy atom. The summed E-state index contributed by atoms with van der Waals surface area (Å²) in [5.41, 5.74) is 8.98. The third-order valence-electron chi connectivity index (χ3n) is 8.94. The van der Waals surface area contributed by atoms with E-state index in [4.69, 9.17) is 13.3 Å². The fourth-order valence-electron chi connectivity index (χ4n) is 7.14. The normalized spacial score (nSPS) is 12.2. The van der Waals surface area contributed by atoms with E-state index in [-0.39, 0.29) is 0 Å². The second-order valence-electron chi connectivity index (χ2n) is 11.2. The summed E-state index contributed by atoms with van der Waals surface area (Å²) in [5, 5.41) is 10.3. The van der Waals surface area contributed by atoms with Gasteiger partial charge in [-0.2, -0.15) is 0 Å². The SMILES string of the molecule is c1ccc2c(c1)oc1cccc(-c3c4ccccc4c(-c4cccc5c4oc4cc6occc6cc45)c4ccccc34)c12. The second-order valence-corrected chi connectivity index (χ2v) is 11.2. The number of benzene rings is 7. The number of fused-ring (bicyclic) bond motifs is 9. The van der Waals surface area contributed by atoms with Crippen LogP contribution in [0.3, 0.4) is 0 Å². The molecule has 0 aliphatic heterocycles. The van der Waals surface area contributed by atoms with Crippen LogP contribution in [-0.4, -0.2) is 0 Å². The van der Waals surface area contributed by atoms with Gasteiger partial charge in [-0.25, -0.2) is 0 Å². The van der Waals surface area contributed by atoms with E-state index in [1.807, 2.05) is 24.3 Å². The summed E-state index contributed by atoms with van der Waals surface area (Å²) in [5.74, 6) is 0. The van der Waals surface area contributed by atoms with E-state index in [1.165, 1.54) is 38.2 Å². The molecule has 0 atom stereocenters. The molecule has 10 aromatic rings. The molecule has 43 heavy (non-hydrogen) atoms. The molecule has 0 radical (unpaired) electrons. The number of furan rings is 3. The van der Waals surface area contributed by atoms with Crippen LogP contribution >= 0.6 is 0 Å². The molecule has 0 fully saturated rings. The van der Waals surface area contributed by atoms with E-state index < -0.39 is 0 Å². The van der Waals surface area contributed by atoms with Gasteiger partial charge in [0.1, 0.15) is 27.9 Å². The average molecular weight is 551 g/mol. The molecule has 0 N–H and O–H groups in total. The van der Waals surface area contributed by atoms with Crippen molar-refractivity contribution in [3.63, 3.8) is 0 Å². The fraction of sp³-hybridized carbons (Fsp3) is 0. The smallest absolute Gasteiger partial charge is 0.143 e. The molecule has 0 bridgehead atoms. The van der Waals surface area contributed by atoms with Gasteiger partial charge in [0.05, 0.1) is 6.26 Å². The zero-order chi connectivity index (χ0) is 28.1. The summed E-state index contributed by atoms with van der Waals surface area (Å²) in [7, 11) is 0. The van der Waals surface area contributed by atoms with Crippen molar-refractivity contribution in [2.45, 2.75) is 0 Å². The second kappa shape index (κ2) is 8.37. The maximum Gasteiger partial charge on any atom is 0.143 e. The first-order valence-corrected chi connectivity index (χ1v) is 14.5. The lowest BCUT2D eigenvalue weighted by atomic mass is 9.84. The first-order valence-electron chi connectivity index (χ1n) is 14.5. The van der Waals surface area contributed by atoms with Crippen LogP contribution < -0.4 is 0 Å². The molecule has 3 heterocycles. The molecule has 0 aliphatic carbocycles. The van der Waals surface area contributed by atoms with Crippen LogP contribution in [0.15, 0.2) is 147 Å². The van der Waals surface area contributed by atoms with Crippen molar-refractivity contribution < 1.29 is 13.3 Å². The molecule has 3 nitrogen and oxygen atoms in total. The van der Waals surface area contributed by atoms with E-state index in [2.05, 4.69) is 103 Å². The number of hydrogen-bond donors (Lipinski definition) is 0. The molecule has 0 aliphatic rings. The minimum atomic E-state index is 0.827. The summed E-state index contributed by atoms with van der Waals surface area (Å²) in [6.07, 6.45) is 1.73. The van der Waals surface area contributed by atoms with Gasteiger partial charge in [-0.1, -0.05) is 97.1 Å². The molecule has 3 heteroatoms. The van der Waals surface area contributed by atoms with Gasteiger partial charge in [0.25, 0.3) is 0 Å². The highest BCUT2D eigenvalue weighted by Gasteiger charge is 2.22. The molecular formula is C40H22O3. The third kappa shape index (κ3) is 3.08. The highest BCUT2D eigenvalue weighted by Crippen LogP contribution is 2.48. The summed E-state index contributed by atoms with van der Waals surface area (Å²) in [6.45, 7) is 0. The van der Waals surface area contributed by atoms with Gasteiger partial charge >= 0.3 is 0 Å². The Labute approximate surface area is 245 Å². The van der Waals surface area contributed by atoms with Gasteiger partial charge in [-0.3, -0.25) is 0 Å². The quantitative estimate of drug-likeness (QED) is 0.201. The molecule has 10 rings (SSSR count). The highest BCUT2D eigenvalue weighted by atomic mass is 16.3. The molecule has 0 spiro atoms. The Bertz CT molecular complexity index is 2680. The van der Waals surface area contributed by atoms with Crippen LogP contribution in [0.4, 0.5) is 0 Å². The monoisotopic (exact) mass is 550 g/mol. The van der Waals surface area contributed by atoms with Crippen LogP contribution in [0.5, 0.6) is 0 Å². The predicted octanol–water partition coefficient (Wildman–Crippen LogP) is 11.9. The van der Waals surface area contributed by atoms with Gasteiger partial charge < -0.3 is 13.3 Å². The van der Waals surface area contributed by atoms with Crippen molar-refractivity contribution in [2.24, 2.45) is 0 Å². The number of rotatable bonds is 2. The Hall–Kier alpha value is -5.80. The third-order valence-corrected chi connectivity index (χ3v) is 8.94. The number of para-hydroxylation sites is 2. The molecule has 200 valence electrons. The summed E-state index contributed by atoms with van der Waals surface area (Å²) in [4.78, 5) is 0. The van der Waals surface area contributed by atoms with Crippen LogP contribution in [0.1, 0.15) is 0 Å². The van der Waals surface area contributed by atoms with Crippen LogP contribution in [0.2, 0.25) is 0 Å². The Balaban J connectivity index is 1.36. The Kier molecular flexibility index (Phi) is 4.45. The fourth-order valence-corrected chi connectivity index (χ4v) is 7.14. The number of hydrogen-bond acceptors (Lipinski definition) is 3. The lowest BCUT2D eigenvalue weighted by Crippen LogP contribution is -1.91. The summed E-state index contributed by atoms with van der Waals surface area (Å²) >= 11 is 0. The minimum Gasteiger partial charge on any atom is -0.464 e.